The Morgan fingerprint density at radius 1 is 1.14 bits per heavy atom. The molecule has 0 bridgehead atoms. The van der Waals surface area contributed by atoms with E-state index in [1.54, 1.807) is 12.1 Å². The van der Waals surface area contributed by atoms with Crippen LogP contribution in [0.25, 0.3) is 0 Å². The molecule has 0 saturated carbocycles. The average Bonchev–Trinajstić information content (AvgIpc) is 2.67. The van der Waals surface area contributed by atoms with Gasteiger partial charge in [-0.1, -0.05) is 13.8 Å². The van der Waals surface area contributed by atoms with Crippen LogP contribution in [-0.4, -0.2) is 25.4 Å². The van der Waals surface area contributed by atoms with Crippen molar-refractivity contribution >= 4 is 23.4 Å². The minimum absolute atomic E-state index is 0.0769. The normalized spacial score (nSPS) is 12.4. The minimum Gasteiger partial charge on any atom is -0.497 e. The van der Waals surface area contributed by atoms with Crippen molar-refractivity contribution in [2.75, 3.05) is 19.5 Å². The smallest absolute Gasteiger partial charge is 0.418 e. The molecule has 0 spiro atoms. The number of anilines is 1. The molecule has 2 rings (SSSR count). The number of ether oxygens (including phenoxy) is 2. The highest BCUT2D eigenvalue weighted by Crippen LogP contribution is 2.39. The lowest BCUT2D eigenvalue weighted by Crippen LogP contribution is -2.17. The number of nitrogens with one attached hydrogen (secondary N) is 1. The molecule has 2 aromatic rings. The quantitative estimate of drug-likeness (QED) is 0.577. The summed E-state index contributed by atoms with van der Waals surface area (Å²) in [5.41, 5.74) is -1.13. The molecular weight excluding hydrogens is 391 g/mol. The molecular formula is C20H22F3NO3S. The number of halogens is 3. The van der Waals surface area contributed by atoms with Crippen molar-refractivity contribution in [2.45, 2.75) is 36.6 Å². The number of amides is 1. The van der Waals surface area contributed by atoms with Crippen LogP contribution in [0, 0.1) is 0 Å². The Morgan fingerprint density at radius 3 is 2.43 bits per heavy atom. The van der Waals surface area contributed by atoms with E-state index in [2.05, 4.69) is 5.32 Å². The Hall–Kier alpha value is -2.35. The van der Waals surface area contributed by atoms with E-state index in [-0.39, 0.29) is 22.3 Å². The zero-order chi connectivity index (χ0) is 20.9. The highest BCUT2D eigenvalue weighted by molar-refractivity contribution is 7.99. The lowest BCUT2D eigenvalue weighted by Gasteiger charge is -2.17. The van der Waals surface area contributed by atoms with Crippen molar-refractivity contribution in [3.63, 3.8) is 0 Å². The second-order valence-electron chi connectivity index (χ2n) is 6.06. The third kappa shape index (κ3) is 5.34. The molecule has 0 aliphatic carbocycles. The van der Waals surface area contributed by atoms with E-state index >= 15 is 0 Å². The van der Waals surface area contributed by atoms with Crippen molar-refractivity contribution in [3.8, 4) is 11.5 Å². The van der Waals surface area contributed by atoms with E-state index < -0.39 is 17.6 Å². The monoisotopic (exact) mass is 413 g/mol. The van der Waals surface area contributed by atoms with E-state index in [0.29, 0.717) is 10.6 Å². The van der Waals surface area contributed by atoms with E-state index in [1.807, 2.05) is 13.8 Å². The fourth-order valence-corrected chi connectivity index (χ4v) is 3.40. The maximum Gasteiger partial charge on any atom is 0.418 e. The summed E-state index contributed by atoms with van der Waals surface area (Å²) in [6.45, 7) is 3.92. The van der Waals surface area contributed by atoms with Crippen LogP contribution in [0.5, 0.6) is 11.5 Å². The van der Waals surface area contributed by atoms with Crippen LogP contribution >= 0.6 is 11.8 Å². The van der Waals surface area contributed by atoms with Gasteiger partial charge in [0.1, 0.15) is 11.5 Å². The number of thioether (sulfide) groups is 1. The van der Waals surface area contributed by atoms with Crippen LogP contribution in [0.3, 0.4) is 0 Å². The number of hydrogen-bond acceptors (Lipinski definition) is 4. The predicted molar refractivity (Wildman–Crippen MR) is 105 cm³/mol. The minimum atomic E-state index is -4.60. The lowest BCUT2D eigenvalue weighted by molar-refractivity contribution is -0.137. The van der Waals surface area contributed by atoms with Crippen LogP contribution < -0.4 is 14.8 Å². The molecule has 8 heteroatoms. The molecule has 0 saturated heterocycles. The molecule has 28 heavy (non-hydrogen) atoms. The van der Waals surface area contributed by atoms with Crippen molar-refractivity contribution in [2.24, 2.45) is 0 Å². The second-order valence-corrected chi connectivity index (χ2v) is 7.57. The van der Waals surface area contributed by atoms with E-state index in [0.717, 1.165) is 12.5 Å². The molecule has 152 valence electrons. The predicted octanol–water partition coefficient (Wildman–Crippen LogP) is 5.87. The first-order valence-corrected chi connectivity index (χ1v) is 9.48. The molecule has 1 atom stereocenters. The Kier molecular flexibility index (Phi) is 7.23. The summed E-state index contributed by atoms with van der Waals surface area (Å²) in [5, 5.41) is 2.53. The summed E-state index contributed by atoms with van der Waals surface area (Å²) < 4.78 is 50.9. The third-order valence-electron chi connectivity index (χ3n) is 4.11. The Morgan fingerprint density at radius 2 is 1.86 bits per heavy atom. The average molecular weight is 413 g/mol. The summed E-state index contributed by atoms with van der Waals surface area (Å²) in [5.74, 6) is -0.0957. The van der Waals surface area contributed by atoms with Crippen molar-refractivity contribution in [1.29, 1.82) is 0 Å². The molecule has 0 aliphatic heterocycles. The summed E-state index contributed by atoms with van der Waals surface area (Å²) in [7, 11) is 2.81. The van der Waals surface area contributed by atoms with Crippen LogP contribution in [0.15, 0.2) is 41.3 Å². The van der Waals surface area contributed by atoms with Gasteiger partial charge in [-0.05, 0) is 42.8 Å². The highest BCUT2D eigenvalue weighted by Gasteiger charge is 2.34. The molecule has 1 N–H and O–H groups in total. The van der Waals surface area contributed by atoms with Gasteiger partial charge in [0.15, 0.2) is 0 Å². The van der Waals surface area contributed by atoms with E-state index in [4.69, 9.17) is 9.47 Å². The standard InChI is InChI=1S/C20H22F3NO3S/c1-5-12(2)28-14-7-8-17(16(11-14)20(21,22)23)24-19(25)15-10-13(26-3)6-9-18(15)27-4/h6-12H,5H2,1-4H3,(H,24,25). The lowest BCUT2D eigenvalue weighted by atomic mass is 10.1. The van der Waals surface area contributed by atoms with Gasteiger partial charge in [-0.15, -0.1) is 11.8 Å². The zero-order valence-electron chi connectivity index (χ0n) is 16.0. The fourth-order valence-electron chi connectivity index (χ4n) is 2.44. The third-order valence-corrected chi connectivity index (χ3v) is 5.37. The number of benzene rings is 2. The fraction of sp³-hybridized carbons (Fsp3) is 0.350. The molecule has 0 fully saturated rings. The number of hydrogen-bond donors (Lipinski definition) is 1. The Labute approximate surface area is 166 Å². The number of carbonyl (C=O) groups is 1. The molecule has 0 radical (unpaired) electrons. The van der Waals surface area contributed by atoms with Gasteiger partial charge in [-0.2, -0.15) is 13.2 Å². The van der Waals surface area contributed by atoms with Crippen molar-refractivity contribution < 1.29 is 27.4 Å². The Bertz CT molecular complexity index is 840. The van der Waals surface area contributed by atoms with Crippen molar-refractivity contribution in [3.05, 3.63) is 47.5 Å². The summed E-state index contributed by atoms with van der Waals surface area (Å²) in [6, 6.07) is 8.44. The molecule has 0 aromatic heterocycles. The first kappa shape index (κ1) is 21.9. The molecule has 4 nitrogen and oxygen atoms in total. The van der Waals surface area contributed by atoms with E-state index in [1.165, 1.54) is 44.2 Å². The molecule has 2 aromatic carbocycles. The maximum atomic E-state index is 13.6. The maximum absolute atomic E-state index is 13.6. The van der Waals surface area contributed by atoms with Gasteiger partial charge in [0, 0.05) is 10.1 Å². The van der Waals surface area contributed by atoms with E-state index in [9.17, 15) is 18.0 Å². The van der Waals surface area contributed by atoms with Gasteiger partial charge < -0.3 is 14.8 Å². The van der Waals surface area contributed by atoms with Crippen LogP contribution in [0.2, 0.25) is 0 Å². The SMILES string of the molecule is CCC(C)Sc1ccc(NC(=O)c2cc(OC)ccc2OC)c(C(F)(F)F)c1. The van der Waals surface area contributed by atoms with Crippen LogP contribution in [0.4, 0.5) is 18.9 Å². The second kappa shape index (κ2) is 9.23. The number of rotatable bonds is 7. The van der Waals surface area contributed by atoms with Gasteiger partial charge in [-0.25, -0.2) is 0 Å². The summed E-state index contributed by atoms with van der Waals surface area (Å²) >= 11 is 1.36. The largest absolute Gasteiger partial charge is 0.497 e. The molecule has 1 amide bonds. The summed E-state index contributed by atoms with van der Waals surface area (Å²) in [6.07, 6.45) is -3.77. The van der Waals surface area contributed by atoms with Gasteiger partial charge in [0.05, 0.1) is 31.0 Å². The van der Waals surface area contributed by atoms with Crippen LogP contribution in [0.1, 0.15) is 36.2 Å². The number of methoxy groups -OCH3 is 2. The van der Waals surface area contributed by atoms with Gasteiger partial charge in [0.2, 0.25) is 0 Å². The first-order valence-electron chi connectivity index (χ1n) is 8.60. The zero-order valence-corrected chi connectivity index (χ0v) is 16.8. The Balaban J connectivity index is 2.38. The molecule has 1 unspecified atom stereocenters. The topological polar surface area (TPSA) is 47.6 Å². The number of alkyl halides is 3. The first-order chi connectivity index (χ1) is 13.2. The van der Waals surface area contributed by atoms with Gasteiger partial charge in [-0.3, -0.25) is 4.79 Å². The molecule has 0 heterocycles. The summed E-state index contributed by atoms with van der Waals surface area (Å²) in [4.78, 5) is 13.1. The van der Waals surface area contributed by atoms with Gasteiger partial charge >= 0.3 is 6.18 Å². The number of carbonyl (C=O) groups excluding carboxylic acids is 1. The highest BCUT2D eigenvalue weighted by atomic mass is 32.2. The van der Waals surface area contributed by atoms with Crippen molar-refractivity contribution in [1.82, 2.24) is 0 Å². The van der Waals surface area contributed by atoms with Gasteiger partial charge in [0.25, 0.3) is 5.91 Å². The molecule has 0 aliphatic rings. The van der Waals surface area contributed by atoms with Crippen LogP contribution in [-0.2, 0) is 6.18 Å².